The van der Waals surface area contributed by atoms with Gasteiger partial charge in [0.25, 0.3) is 0 Å². The van der Waals surface area contributed by atoms with E-state index in [0.717, 1.165) is 35.7 Å². The van der Waals surface area contributed by atoms with E-state index in [1.807, 2.05) is 13.0 Å². The molecule has 0 saturated heterocycles. The summed E-state index contributed by atoms with van der Waals surface area (Å²) >= 11 is 0. The summed E-state index contributed by atoms with van der Waals surface area (Å²) in [6.45, 7) is 5.07. The van der Waals surface area contributed by atoms with Crippen molar-refractivity contribution in [3.05, 3.63) is 42.4 Å². The van der Waals surface area contributed by atoms with Gasteiger partial charge in [-0.1, -0.05) is 19.1 Å². The molecule has 1 aromatic carbocycles. The molecule has 3 nitrogen and oxygen atoms in total. The normalized spacial score (nSPS) is 10.2. The van der Waals surface area contributed by atoms with Gasteiger partial charge >= 0.3 is 0 Å². The summed E-state index contributed by atoms with van der Waals surface area (Å²) in [4.78, 5) is 8.50. The quantitative estimate of drug-likeness (QED) is 0.871. The van der Waals surface area contributed by atoms with E-state index in [0.29, 0.717) is 0 Å². The predicted octanol–water partition coefficient (Wildman–Crippen LogP) is 3.27. The first-order valence-electron chi connectivity index (χ1n) is 5.93. The number of anilines is 1. The first-order valence-corrected chi connectivity index (χ1v) is 5.93. The lowest BCUT2D eigenvalue weighted by molar-refractivity contribution is 0.980. The molecule has 88 valence electrons. The average Bonchev–Trinajstić information content (AvgIpc) is 2.37. The van der Waals surface area contributed by atoms with Crippen LogP contribution in [-0.2, 0) is 0 Å². The van der Waals surface area contributed by atoms with Crippen LogP contribution >= 0.6 is 0 Å². The van der Waals surface area contributed by atoms with Crippen LogP contribution in [0.2, 0.25) is 0 Å². The number of nitrogens with zero attached hydrogens (tertiary/aromatic N) is 2. The van der Waals surface area contributed by atoms with Gasteiger partial charge in [-0.25, -0.2) is 9.97 Å². The summed E-state index contributed by atoms with van der Waals surface area (Å²) in [5, 5.41) is 3.35. The molecule has 0 spiro atoms. The zero-order valence-electron chi connectivity index (χ0n) is 10.3. The summed E-state index contributed by atoms with van der Waals surface area (Å²) in [5.41, 5.74) is 3.25. The number of hydrogen-bond acceptors (Lipinski definition) is 3. The van der Waals surface area contributed by atoms with E-state index < -0.39 is 0 Å². The highest BCUT2D eigenvalue weighted by Gasteiger charge is 1.99. The summed E-state index contributed by atoms with van der Waals surface area (Å²) in [6, 6.07) is 10.3. The Hall–Kier alpha value is -1.90. The van der Waals surface area contributed by atoms with Gasteiger partial charge in [0.05, 0.1) is 5.69 Å². The molecule has 0 aliphatic rings. The lowest BCUT2D eigenvalue weighted by atomic mass is 10.1. The minimum Gasteiger partial charge on any atom is -0.385 e. The van der Waals surface area contributed by atoms with Crippen LogP contribution in [-0.4, -0.2) is 16.5 Å². The second-order valence-corrected chi connectivity index (χ2v) is 3.99. The van der Waals surface area contributed by atoms with Crippen molar-refractivity contribution in [1.29, 1.82) is 0 Å². The fourth-order valence-electron chi connectivity index (χ4n) is 1.65. The van der Waals surface area contributed by atoms with Gasteiger partial charge in [0, 0.05) is 24.0 Å². The lowest BCUT2D eigenvalue weighted by Crippen LogP contribution is -1.99. The van der Waals surface area contributed by atoms with E-state index in [4.69, 9.17) is 0 Å². The van der Waals surface area contributed by atoms with Crippen molar-refractivity contribution < 1.29 is 0 Å². The molecule has 0 aliphatic carbocycles. The zero-order valence-corrected chi connectivity index (χ0v) is 10.3. The largest absolute Gasteiger partial charge is 0.385 e. The third kappa shape index (κ3) is 3.03. The first kappa shape index (κ1) is 11.6. The van der Waals surface area contributed by atoms with Gasteiger partial charge in [-0.15, -0.1) is 0 Å². The van der Waals surface area contributed by atoms with Gasteiger partial charge < -0.3 is 5.32 Å². The zero-order chi connectivity index (χ0) is 12.1. The van der Waals surface area contributed by atoms with E-state index >= 15 is 0 Å². The molecule has 0 amide bonds. The fraction of sp³-hybridized carbons (Fsp3) is 0.286. The summed E-state index contributed by atoms with van der Waals surface area (Å²) in [5.74, 6) is 0.802. The second kappa shape index (κ2) is 5.43. The molecule has 2 aromatic rings. The van der Waals surface area contributed by atoms with Crippen molar-refractivity contribution >= 4 is 5.69 Å². The van der Waals surface area contributed by atoms with E-state index in [-0.39, 0.29) is 0 Å². The van der Waals surface area contributed by atoms with Crippen molar-refractivity contribution in [2.45, 2.75) is 20.3 Å². The molecule has 3 heteroatoms. The maximum atomic E-state index is 4.40. The molecule has 0 bridgehead atoms. The Labute approximate surface area is 102 Å². The summed E-state index contributed by atoms with van der Waals surface area (Å²) < 4.78 is 0. The number of nitrogens with one attached hydrogen (secondary N) is 1. The molecule has 17 heavy (non-hydrogen) atoms. The van der Waals surface area contributed by atoms with Crippen LogP contribution < -0.4 is 5.32 Å². The van der Waals surface area contributed by atoms with E-state index in [2.05, 4.69) is 46.5 Å². The van der Waals surface area contributed by atoms with Crippen LogP contribution in [0.1, 0.15) is 19.2 Å². The molecule has 0 unspecified atom stereocenters. The van der Waals surface area contributed by atoms with Crippen molar-refractivity contribution in [3.63, 3.8) is 0 Å². The smallest absolute Gasteiger partial charge is 0.125 e. The van der Waals surface area contributed by atoms with Gasteiger partial charge in [0.1, 0.15) is 5.82 Å². The molecule has 2 rings (SSSR count). The topological polar surface area (TPSA) is 37.8 Å². The van der Waals surface area contributed by atoms with Gasteiger partial charge in [0.2, 0.25) is 0 Å². The molecule has 0 atom stereocenters. The molecule has 0 fully saturated rings. The maximum Gasteiger partial charge on any atom is 0.125 e. The van der Waals surface area contributed by atoms with Crippen LogP contribution in [0.25, 0.3) is 11.3 Å². The highest BCUT2D eigenvalue weighted by atomic mass is 14.9. The maximum absolute atomic E-state index is 4.40. The van der Waals surface area contributed by atoms with Crippen LogP contribution in [0.4, 0.5) is 5.69 Å². The SMILES string of the molecule is CCCNc1ccc(-c2ccnc(C)n2)cc1. The minimum absolute atomic E-state index is 0.802. The number of rotatable bonds is 4. The van der Waals surface area contributed by atoms with Crippen LogP contribution in [0.3, 0.4) is 0 Å². The van der Waals surface area contributed by atoms with E-state index in [1.165, 1.54) is 0 Å². The predicted molar refractivity (Wildman–Crippen MR) is 71.0 cm³/mol. The molecule has 1 aromatic heterocycles. The van der Waals surface area contributed by atoms with Gasteiger partial charge in [-0.3, -0.25) is 0 Å². The van der Waals surface area contributed by atoms with Crippen LogP contribution in [0, 0.1) is 6.92 Å². The Morgan fingerprint density at radius 2 is 1.88 bits per heavy atom. The number of aryl methyl sites for hydroxylation is 1. The van der Waals surface area contributed by atoms with Gasteiger partial charge in [-0.05, 0) is 31.5 Å². The lowest BCUT2D eigenvalue weighted by Gasteiger charge is -2.06. The Morgan fingerprint density at radius 3 is 2.53 bits per heavy atom. The molecule has 0 aliphatic heterocycles. The van der Waals surface area contributed by atoms with Crippen LogP contribution in [0.5, 0.6) is 0 Å². The van der Waals surface area contributed by atoms with Gasteiger partial charge in [0.15, 0.2) is 0 Å². The second-order valence-electron chi connectivity index (χ2n) is 3.99. The molecular formula is C14H17N3. The minimum atomic E-state index is 0.802. The Bertz CT molecular complexity index is 477. The number of aromatic nitrogens is 2. The van der Waals surface area contributed by atoms with E-state index in [1.54, 1.807) is 6.20 Å². The molecule has 0 radical (unpaired) electrons. The Morgan fingerprint density at radius 1 is 1.12 bits per heavy atom. The highest BCUT2D eigenvalue weighted by Crippen LogP contribution is 2.19. The van der Waals surface area contributed by atoms with Crippen LogP contribution in [0.15, 0.2) is 36.5 Å². The Kier molecular flexibility index (Phi) is 3.70. The summed E-state index contributed by atoms with van der Waals surface area (Å²) in [6.07, 6.45) is 2.92. The van der Waals surface area contributed by atoms with Crippen molar-refractivity contribution in [1.82, 2.24) is 9.97 Å². The highest BCUT2D eigenvalue weighted by molar-refractivity contribution is 5.62. The fourth-order valence-corrected chi connectivity index (χ4v) is 1.65. The number of hydrogen-bond donors (Lipinski definition) is 1. The number of benzene rings is 1. The third-order valence-electron chi connectivity index (χ3n) is 2.54. The van der Waals surface area contributed by atoms with E-state index in [9.17, 15) is 0 Å². The molecular weight excluding hydrogens is 210 g/mol. The Balaban J connectivity index is 2.17. The van der Waals surface area contributed by atoms with Crippen molar-refractivity contribution in [2.24, 2.45) is 0 Å². The molecule has 0 saturated carbocycles. The standard InChI is InChI=1S/C14H17N3/c1-3-9-16-13-6-4-12(5-7-13)14-8-10-15-11(2)17-14/h4-8,10,16H,3,9H2,1-2H3. The molecule has 1 N–H and O–H groups in total. The summed E-state index contributed by atoms with van der Waals surface area (Å²) in [7, 11) is 0. The first-order chi connectivity index (χ1) is 8.29. The average molecular weight is 227 g/mol. The van der Waals surface area contributed by atoms with Crippen molar-refractivity contribution in [2.75, 3.05) is 11.9 Å². The van der Waals surface area contributed by atoms with Gasteiger partial charge in [-0.2, -0.15) is 0 Å². The third-order valence-corrected chi connectivity index (χ3v) is 2.54. The van der Waals surface area contributed by atoms with Crippen molar-refractivity contribution in [3.8, 4) is 11.3 Å². The molecule has 1 heterocycles. The monoisotopic (exact) mass is 227 g/mol.